The maximum atomic E-state index is 11.6. The summed E-state index contributed by atoms with van der Waals surface area (Å²) in [5, 5.41) is 2.75. The molecular weight excluding hydrogens is 308 g/mol. The first kappa shape index (κ1) is 15.8. The van der Waals surface area contributed by atoms with Gasteiger partial charge in [0.25, 0.3) is 0 Å². The average Bonchev–Trinajstić information content (AvgIpc) is 2.25. The van der Waals surface area contributed by atoms with E-state index in [4.69, 9.17) is 4.74 Å². The van der Waals surface area contributed by atoms with Crippen LogP contribution in [0.4, 0.5) is 10.5 Å². The van der Waals surface area contributed by atoms with E-state index in [9.17, 15) is 4.79 Å². The molecule has 1 rings (SSSR count). The fourth-order valence-corrected chi connectivity index (χ4v) is 1.84. The van der Waals surface area contributed by atoms with Crippen molar-refractivity contribution in [2.24, 2.45) is 0 Å². The van der Waals surface area contributed by atoms with Crippen LogP contribution in [-0.2, 0) is 11.3 Å². The van der Waals surface area contributed by atoms with Gasteiger partial charge in [0.2, 0.25) is 0 Å². The number of nitrogens with zero attached hydrogens (tertiary/aromatic N) is 1. The topological polar surface area (TPSA) is 41.6 Å². The number of amides is 1. The van der Waals surface area contributed by atoms with Crippen molar-refractivity contribution in [3.63, 3.8) is 0 Å². The lowest BCUT2D eigenvalue weighted by Crippen LogP contribution is -2.32. The highest BCUT2D eigenvalue weighted by molar-refractivity contribution is 9.10. The predicted molar refractivity (Wildman–Crippen MR) is 81.5 cm³/mol. The molecule has 0 bridgehead atoms. The second kappa shape index (κ2) is 6.28. The van der Waals surface area contributed by atoms with Gasteiger partial charge in [-0.25, -0.2) is 4.79 Å². The fraction of sp³-hybridized carbons (Fsp3) is 0.500. The van der Waals surface area contributed by atoms with E-state index in [1.165, 1.54) is 0 Å². The highest BCUT2D eigenvalue weighted by Gasteiger charge is 2.16. The molecule has 0 aliphatic carbocycles. The van der Waals surface area contributed by atoms with E-state index in [-0.39, 0.29) is 0 Å². The molecule has 0 saturated heterocycles. The van der Waals surface area contributed by atoms with Crippen molar-refractivity contribution in [3.8, 4) is 0 Å². The standard InChI is InChI=1S/C14H21BrN2O2/c1-14(2,3)19-13(18)16-9-10-8-11(17(4)5)6-7-12(10)15/h6-8H,9H2,1-5H3,(H,16,18). The molecule has 0 atom stereocenters. The Morgan fingerprint density at radius 1 is 1.37 bits per heavy atom. The molecule has 1 aromatic rings. The number of carbonyl (C=O) groups is 1. The number of anilines is 1. The Hall–Kier alpha value is -1.23. The first-order valence-electron chi connectivity index (χ1n) is 6.11. The molecule has 0 unspecified atom stereocenters. The predicted octanol–water partition coefficient (Wildman–Crippen LogP) is 3.54. The van der Waals surface area contributed by atoms with E-state index in [1.54, 1.807) is 0 Å². The lowest BCUT2D eigenvalue weighted by Gasteiger charge is -2.20. The molecule has 1 amide bonds. The maximum Gasteiger partial charge on any atom is 0.407 e. The highest BCUT2D eigenvalue weighted by Crippen LogP contribution is 2.22. The van der Waals surface area contributed by atoms with Crippen LogP contribution in [0.2, 0.25) is 0 Å². The van der Waals surface area contributed by atoms with Gasteiger partial charge >= 0.3 is 6.09 Å². The third-order valence-electron chi connectivity index (χ3n) is 2.37. The summed E-state index contributed by atoms with van der Waals surface area (Å²) < 4.78 is 6.17. The molecule has 1 N–H and O–H groups in total. The number of ether oxygens (including phenoxy) is 1. The summed E-state index contributed by atoms with van der Waals surface area (Å²) in [4.78, 5) is 13.6. The normalized spacial score (nSPS) is 11.1. The average molecular weight is 329 g/mol. The molecule has 106 valence electrons. The quantitative estimate of drug-likeness (QED) is 0.922. The molecule has 0 fully saturated rings. The first-order valence-corrected chi connectivity index (χ1v) is 6.91. The summed E-state index contributed by atoms with van der Waals surface area (Å²) in [5.41, 5.74) is 1.62. The van der Waals surface area contributed by atoms with Gasteiger partial charge in [-0.3, -0.25) is 0 Å². The highest BCUT2D eigenvalue weighted by atomic mass is 79.9. The first-order chi connectivity index (χ1) is 8.69. The number of hydrogen-bond acceptors (Lipinski definition) is 3. The summed E-state index contributed by atoms with van der Waals surface area (Å²) in [6, 6.07) is 6.02. The van der Waals surface area contributed by atoms with Crippen LogP contribution in [0.25, 0.3) is 0 Å². The monoisotopic (exact) mass is 328 g/mol. The molecule has 0 radical (unpaired) electrons. The van der Waals surface area contributed by atoms with Gasteiger partial charge in [-0.15, -0.1) is 0 Å². The number of alkyl carbamates (subject to hydrolysis) is 1. The summed E-state index contributed by atoms with van der Waals surface area (Å²) in [5.74, 6) is 0. The molecule has 5 heteroatoms. The lowest BCUT2D eigenvalue weighted by molar-refractivity contribution is 0.0523. The minimum atomic E-state index is -0.479. The summed E-state index contributed by atoms with van der Waals surface area (Å²) in [6.07, 6.45) is -0.408. The van der Waals surface area contributed by atoms with E-state index < -0.39 is 11.7 Å². The van der Waals surface area contributed by atoms with Gasteiger partial charge in [0.15, 0.2) is 0 Å². The maximum absolute atomic E-state index is 11.6. The van der Waals surface area contributed by atoms with Gasteiger partial charge in [-0.05, 0) is 44.5 Å². The second-order valence-corrected chi connectivity index (χ2v) is 6.38. The van der Waals surface area contributed by atoms with E-state index in [2.05, 4.69) is 21.2 Å². The minimum Gasteiger partial charge on any atom is -0.444 e. The van der Waals surface area contributed by atoms with Gasteiger partial charge in [0.1, 0.15) is 5.60 Å². The molecule has 1 aromatic carbocycles. The van der Waals surface area contributed by atoms with Crippen molar-refractivity contribution in [2.45, 2.75) is 32.9 Å². The lowest BCUT2D eigenvalue weighted by atomic mass is 10.2. The van der Waals surface area contributed by atoms with E-state index in [0.29, 0.717) is 6.54 Å². The van der Waals surface area contributed by atoms with Gasteiger partial charge in [-0.2, -0.15) is 0 Å². The summed E-state index contributed by atoms with van der Waals surface area (Å²) in [7, 11) is 3.96. The Balaban J connectivity index is 2.67. The Morgan fingerprint density at radius 3 is 2.53 bits per heavy atom. The molecule has 0 heterocycles. The molecule has 0 aromatic heterocycles. The zero-order chi connectivity index (χ0) is 14.6. The summed E-state index contributed by atoms with van der Waals surface area (Å²) in [6.45, 7) is 5.96. The van der Waals surface area contributed by atoms with Crippen molar-refractivity contribution >= 4 is 27.7 Å². The van der Waals surface area contributed by atoms with Crippen molar-refractivity contribution < 1.29 is 9.53 Å². The van der Waals surface area contributed by atoms with Gasteiger partial charge in [0.05, 0.1) is 0 Å². The van der Waals surface area contributed by atoms with Crippen molar-refractivity contribution in [1.29, 1.82) is 0 Å². The van der Waals surface area contributed by atoms with Crippen LogP contribution in [0.5, 0.6) is 0 Å². The van der Waals surface area contributed by atoms with Crippen LogP contribution in [0, 0.1) is 0 Å². The van der Waals surface area contributed by atoms with Crippen molar-refractivity contribution in [3.05, 3.63) is 28.2 Å². The fourth-order valence-electron chi connectivity index (χ4n) is 1.46. The second-order valence-electron chi connectivity index (χ2n) is 5.53. The minimum absolute atomic E-state index is 0.408. The van der Waals surface area contributed by atoms with E-state index in [0.717, 1.165) is 15.7 Å². The Kier molecular flexibility index (Phi) is 5.23. The third kappa shape index (κ3) is 5.51. The van der Waals surface area contributed by atoms with E-state index >= 15 is 0 Å². The van der Waals surface area contributed by atoms with Crippen LogP contribution in [-0.4, -0.2) is 25.8 Å². The van der Waals surface area contributed by atoms with Crippen LogP contribution < -0.4 is 10.2 Å². The third-order valence-corrected chi connectivity index (χ3v) is 3.14. The largest absolute Gasteiger partial charge is 0.444 e. The number of nitrogens with one attached hydrogen (secondary N) is 1. The number of hydrogen-bond donors (Lipinski definition) is 1. The van der Waals surface area contributed by atoms with Crippen LogP contribution in [0.15, 0.2) is 22.7 Å². The molecule has 0 aliphatic rings. The Morgan fingerprint density at radius 2 is 2.00 bits per heavy atom. The SMILES string of the molecule is CN(C)c1ccc(Br)c(CNC(=O)OC(C)(C)C)c1. The summed E-state index contributed by atoms with van der Waals surface area (Å²) >= 11 is 3.48. The Bertz CT molecular complexity index is 453. The smallest absolute Gasteiger partial charge is 0.407 e. The molecule has 19 heavy (non-hydrogen) atoms. The molecular formula is C14H21BrN2O2. The van der Waals surface area contributed by atoms with Crippen LogP contribution >= 0.6 is 15.9 Å². The molecule has 0 saturated carbocycles. The zero-order valence-corrected chi connectivity index (χ0v) is 13.7. The molecule has 4 nitrogen and oxygen atoms in total. The number of rotatable bonds is 3. The van der Waals surface area contributed by atoms with Crippen LogP contribution in [0.1, 0.15) is 26.3 Å². The molecule has 0 aliphatic heterocycles. The van der Waals surface area contributed by atoms with Crippen molar-refractivity contribution in [2.75, 3.05) is 19.0 Å². The number of halogens is 1. The van der Waals surface area contributed by atoms with Gasteiger partial charge in [-0.1, -0.05) is 15.9 Å². The van der Waals surface area contributed by atoms with E-state index in [1.807, 2.05) is 58.0 Å². The van der Waals surface area contributed by atoms with Gasteiger partial charge < -0.3 is 15.0 Å². The van der Waals surface area contributed by atoms with Gasteiger partial charge in [0, 0.05) is 30.8 Å². The number of carbonyl (C=O) groups excluding carboxylic acids is 1. The van der Waals surface area contributed by atoms with Crippen molar-refractivity contribution in [1.82, 2.24) is 5.32 Å². The zero-order valence-electron chi connectivity index (χ0n) is 12.1. The van der Waals surface area contributed by atoms with Crippen LogP contribution in [0.3, 0.4) is 0 Å². The molecule has 0 spiro atoms. The number of benzene rings is 1. The Labute approximate surface area is 123 Å².